The number of hydrogen-bond donors (Lipinski definition) is 1. The number of aromatic nitrogens is 2. The van der Waals surface area contributed by atoms with Crippen LogP contribution in [-0.4, -0.2) is 29.1 Å². The lowest BCUT2D eigenvalue weighted by Crippen LogP contribution is -2.14. The molecule has 148 valence electrons. The van der Waals surface area contributed by atoms with Gasteiger partial charge < -0.3 is 9.47 Å². The third kappa shape index (κ3) is 6.03. The van der Waals surface area contributed by atoms with E-state index in [-0.39, 0.29) is 5.91 Å². The van der Waals surface area contributed by atoms with Gasteiger partial charge in [0.05, 0.1) is 24.5 Å². The van der Waals surface area contributed by atoms with Gasteiger partial charge in [-0.3, -0.25) is 10.1 Å². The minimum atomic E-state index is -0.270. The molecule has 0 aliphatic heterocycles. The number of thiazole rings is 1. The van der Waals surface area contributed by atoms with Crippen molar-refractivity contribution in [3.05, 3.63) is 51.2 Å². The number of anilines is 1. The van der Waals surface area contributed by atoms with Crippen molar-refractivity contribution in [2.24, 2.45) is 5.92 Å². The monoisotopic (exact) mass is 417 g/mol. The molecule has 0 saturated carbocycles. The average molecular weight is 418 g/mol. The van der Waals surface area contributed by atoms with Gasteiger partial charge in [-0.05, 0) is 35.2 Å². The highest BCUT2D eigenvalue weighted by Gasteiger charge is 2.14. The Morgan fingerprint density at radius 1 is 1.18 bits per heavy atom. The first kappa shape index (κ1) is 20.3. The zero-order chi connectivity index (χ0) is 19.9. The van der Waals surface area contributed by atoms with Crippen molar-refractivity contribution in [1.29, 1.82) is 0 Å². The van der Waals surface area contributed by atoms with Crippen LogP contribution in [0, 0.1) is 12.8 Å². The van der Waals surface area contributed by atoms with E-state index >= 15 is 0 Å². The zero-order valence-corrected chi connectivity index (χ0v) is 17.7. The van der Waals surface area contributed by atoms with Gasteiger partial charge in [-0.25, -0.2) is 4.98 Å². The first-order valence-corrected chi connectivity index (χ1v) is 10.8. The molecule has 3 aromatic rings. The first-order chi connectivity index (χ1) is 13.5. The molecule has 1 amide bonds. The lowest BCUT2D eigenvalue weighted by molar-refractivity contribution is 0.102. The Balaban J connectivity index is 1.72. The van der Waals surface area contributed by atoms with Crippen molar-refractivity contribution < 1.29 is 14.3 Å². The van der Waals surface area contributed by atoms with Crippen molar-refractivity contribution in [1.82, 2.24) is 9.97 Å². The lowest BCUT2D eigenvalue weighted by Gasteiger charge is -2.12. The second kappa shape index (κ2) is 9.66. The molecule has 0 aliphatic rings. The van der Waals surface area contributed by atoms with Gasteiger partial charge in [0.25, 0.3) is 5.91 Å². The summed E-state index contributed by atoms with van der Waals surface area (Å²) in [5.41, 5.74) is 2.51. The number of nitrogens with zero attached hydrogens (tertiary/aromatic N) is 2. The Kier molecular flexibility index (Phi) is 7.00. The summed E-state index contributed by atoms with van der Waals surface area (Å²) in [7, 11) is 0. The van der Waals surface area contributed by atoms with Gasteiger partial charge in [0.15, 0.2) is 5.13 Å². The summed E-state index contributed by atoms with van der Waals surface area (Å²) >= 11 is 3.04. The molecule has 3 heterocycles. The molecule has 0 aromatic carbocycles. The molecule has 0 unspecified atom stereocenters. The second-order valence-corrected chi connectivity index (χ2v) is 8.35. The topological polar surface area (TPSA) is 73.3 Å². The Morgan fingerprint density at radius 3 is 2.61 bits per heavy atom. The molecule has 6 nitrogen and oxygen atoms in total. The number of ether oxygens (including phenoxy) is 2. The standard InChI is InChI=1S/C20H23N3O3S2/c1-13(2)10-26-18-9-16(19(24)23-20-21-14(3)11-28-20)8-17(22-18)25-6-4-15-5-7-27-12-15/h5,7-9,11-13H,4,6,10H2,1-3H3,(H,21,23,24). The summed E-state index contributed by atoms with van der Waals surface area (Å²) < 4.78 is 11.5. The fourth-order valence-electron chi connectivity index (χ4n) is 2.30. The smallest absolute Gasteiger partial charge is 0.257 e. The van der Waals surface area contributed by atoms with Gasteiger partial charge in [-0.1, -0.05) is 13.8 Å². The molecule has 0 fully saturated rings. The molecule has 1 N–H and O–H groups in total. The van der Waals surface area contributed by atoms with Crippen LogP contribution in [0.1, 0.15) is 35.5 Å². The van der Waals surface area contributed by atoms with E-state index in [1.807, 2.05) is 17.7 Å². The maximum atomic E-state index is 12.6. The van der Waals surface area contributed by atoms with Crippen LogP contribution in [0.2, 0.25) is 0 Å². The molecule has 0 bridgehead atoms. The predicted octanol–water partition coefficient (Wildman–Crippen LogP) is 4.82. The van der Waals surface area contributed by atoms with E-state index < -0.39 is 0 Å². The van der Waals surface area contributed by atoms with Gasteiger partial charge in [0.1, 0.15) is 0 Å². The predicted molar refractivity (Wildman–Crippen MR) is 113 cm³/mol. The number of rotatable bonds is 9. The summed E-state index contributed by atoms with van der Waals surface area (Å²) in [4.78, 5) is 21.3. The number of carbonyl (C=O) groups excluding carboxylic acids is 1. The normalized spacial score (nSPS) is 10.9. The Hall–Kier alpha value is -2.45. The molecule has 0 aliphatic carbocycles. The quantitative estimate of drug-likeness (QED) is 0.540. The maximum absolute atomic E-state index is 12.6. The van der Waals surface area contributed by atoms with E-state index in [2.05, 4.69) is 40.6 Å². The summed E-state index contributed by atoms with van der Waals surface area (Å²) in [5.74, 6) is 0.827. The number of thiophene rings is 1. The van der Waals surface area contributed by atoms with E-state index in [4.69, 9.17) is 9.47 Å². The molecule has 28 heavy (non-hydrogen) atoms. The summed E-state index contributed by atoms with van der Waals surface area (Å²) in [6, 6.07) is 5.33. The van der Waals surface area contributed by atoms with E-state index in [9.17, 15) is 4.79 Å². The number of hydrogen-bond acceptors (Lipinski definition) is 7. The molecule has 3 rings (SSSR count). The van der Waals surface area contributed by atoms with Crippen LogP contribution in [0.15, 0.2) is 34.3 Å². The van der Waals surface area contributed by atoms with Crippen LogP contribution < -0.4 is 14.8 Å². The maximum Gasteiger partial charge on any atom is 0.257 e. The molecule has 0 saturated heterocycles. The second-order valence-electron chi connectivity index (χ2n) is 6.72. The fraction of sp³-hybridized carbons (Fsp3) is 0.350. The summed E-state index contributed by atoms with van der Waals surface area (Å²) in [6.07, 6.45) is 0.780. The van der Waals surface area contributed by atoms with Crippen molar-refractivity contribution >= 4 is 33.7 Å². The van der Waals surface area contributed by atoms with Crippen LogP contribution in [0.5, 0.6) is 11.8 Å². The third-order valence-corrected chi connectivity index (χ3v) is 5.27. The van der Waals surface area contributed by atoms with Crippen molar-refractivity contribution in [2.45, 2.75) is 27.2 Å². The van der Waals surface area contributed by atoms with Crippen LogP contribution in [0.4, 0.5) is 5.13 Å². The van der Waals surface area contributed by atoms with E-state index in [0.29, 0.717) is 41.6 Å². The van der Waals surface area contributed by atoms with Gasteiger partial charge in [0, 0.05) is 23.9 Å². The van der Waals surface area contributed by atoms with Crippen LogP contribution in [0.3, 0.4) is 0 Å². The van der Waals surface area contributed by atoms with E-state index in [1.165, 1.54) is 16.9 Å². The third-order valence-electron chi connectivity index (χ3n) is 3.67. The Bertz CT molecular complexity index is 907. The Labute approximate surface area is 172 Å². The summed E-state index contributed by atoms with van der Waals surface area (Å²) in [5, 5.41) is 9.38. The minimum Gasteiger partial charge on any atom is -0.477 e. The van der Waals surface area contributed by atoms with Crippen LogP contribution in [0.25, 0.3) is 0 Å². The number of aryl methyl sites for hydroxylation is 1. The first-order valence-electron chi connectivity index (χ1n) is 9.02. The highest BCUT2D eigenvalue weighted by Crippen LogP contribution is 2.22. The number of pyridine rings is 1. The molecule has 3 aromatic heterocycles. The van der Waals surface area contributed by atoms with Crippen LogP contribution >= 0.6 is 22.7 Å². The molecule has 0 radical (unpaired) electrons. The van der Waals surface area contributed by atoms with E-state index in [0.717, 1.165) is 12.1 Å². The number of amides is 1. The van der Waals surface area contributed by atoms with Crippen molar-refractivity contribution in [2.75, 3.05) is 18.5 Å². The number of carbonyl (C=O) groups is 1. The van der Waals surface area contributed by atoms with Gasteiger partial charge in [-0.15, -0.1) is 11.3 Å². The number of nitrogens with one attached hydrogen (secondary N) is 1. The molecule has 8 heteroatoms. The van der Waals surface area contributed by atoms with Gasteiger partial charge >= 0.3 is 0 Å². The summed E-state index contributed by atoms with van der Waals surface area (Å²) in [6.45, 7) is 6.98. The van der Waals surface area contributed by atoms with E-state index in [1.54, 1.807) is 23.5 Å². The lowest BCUT2D eigenvalue weighted by atomic mass is 10.2. The SMILES string of the molecule is Cc1csc(NC(=O)c2cc(OCCc3ccsc3)nc(OCC(C)C)c2)n1. The zero-order valence-electron chi connectivity index (χ0n) is 16.1. The fourth-order valence-corrected chi connectivity index (χ4v) is 3.69. The molecule has 0 atom stereocenters. The molecular weight excluding hydrogens is 394 g/mol. The highest BCUT2D eigenvalue weighted by atomic mass is 32.1. The van der Waals surface area contributed by atoms with Crippen molar-refractivity contribution in [3.8, 4) is 11.8 Å². The van der Waals surface area contributed by atoms with Gasteiger partial charge in [-0.2, -0.15) is 16.3 Å². The largest absolute Gasteiger partial charge is 0.477 e. The molecular formula is C20H23N3O3S2. The van der Waals surface area contributed by atoms with Crippen molar-refractivity contribution in [3.63, 3.8) is 0 Å². The minimum absolute atomic E-state index is 0.270. The van der Waals surface area contributed by atoms with Crippen LogP contribution in [-0.2, 0) is 6.42 Å². The molecule has 0 spiro atoms. The highest BCUT2D eigenvalue weighted by molar-refractivity contribution is 7.14. The Morgan fingerprint density at radius 2 is 1.96 bits per heavy atom. The van der Waals surface area contributed by atoms with Gasteiger partial charge in [0.2, 0.25) is 11.8 Å². The average Bonchev–Trinajstić information content (AvgIpc) is 3.31.